The second-order valence-electron chi connectivity index (χ2n) is 3.80. The Bertz CT molecular complexity index is 725. The Hall–Kier alpha value is -2.87. The predicted octanol–water partition coefficient (Wildman–Crippen LogP) is 2.99. The second-order valence-corrected chi connectivity index (χ2v) is 4.21. The van der Waals surface area contributed by atoms with Crippen LogP contribution in [-0.2, 0) is 0 Å². The number of benzene rings is 1. The van der Waals surface area contributed by atoms with Crippen LogP contribution in [0.4, 0.5) is 11.6 Å². The summed E-state index contributed by atoms with van der Waals surface area (Å²) in [6.45, 7) is 0. The zero-order valence-electron chi connectivity index (χ0n) is 10.3. The third-order valence-corrected chi connectivity index (χ3v) is 2.70. The van der Waals surface area contributed by atoms with Crippen LogP contribution in [0.3, 0.4) is 0 Å². The summed E-state index contributed by atoms with van der Waals surface area (Å²) in [5.41, 5.74) is 2.90. The normalized spacial score (nSPS) is 10.7. The monoisotopic (exact) mass is 309 g/mol. The maximum atomic E-state index is 10.9. The van der Waals surface area contributed by atoms with E-state index in [1.165, 1.54) is 36.5 Å². The molecule has 0 amide bonds. The lowest BCUT2D eigenvalue weighted by Crippen LogP contribution is -1.99. The number of halogens is 1. The van der Waals surface area contributed by atoms with Crippen molar-refractivity contribution in [1.29, 1.82) is 0 Å². The van der Waals surface area contributed by atoms with Crippen LogP contribution in [-0.4, -0.2) is 22.2 Å². The summed E-state index contributed by atoms with van der Waals surface area (Å²) in [6, 6.07) is 6.85. The molecule has 1 heterocycles. The van der Waals surface area contributed by atoms with Gasteiger partial charge in [-0.05, 0) is 24.3 Å². The Morgan fingerprint density at radius 2 is 2.19 bits per heavy atom. The predicted molar refractivity (Wildman–Crippen MR) is 75.0 cm³/mol. The number of carbonyl (C=O) groups is 1. The summed E-state index contributed by atoms with van der Waals surface area (Å²) in [4.78, 5) is 20.7. The summed E-state index contributed by atoms with van der Waals surface area (Å²) >= 11 is 5.73. The van der Waals surface area contributed by atoms with Gasteiger partial charge in [0.2, 0.25) is 0 Å². The summed E-state index contributed by atoms with van der Waals surface area (Å²) < 4.78 is 4.86. The zero-order chi connectivity index (χ0) is 15.4. The molecule has 0 aliphatic heterocycles. The van der Waals surface area contributed by atoms with E-state index < -0.39 is 16.8 Å². The molecule has 2 aromatic rings. The molecule has 1 aromatic heterocycles. The van der Waals surface area contributed by atoms with Crippen LogP contribution in [0.5, 0.6) is 0 Å². The quantitative estimate of drug-likeness (QED) is 0.498. The van der Waals surface area contributed by atoms with Crippen LogP contribution in [0.25, 0.3) is 0 Å². The number of hydrogen-bond acceptors (Lipinski definition) is 6. The second kappa shape index (κ2) is 6.06. The molecule has 0 bridgehead atoms. The Labute approximate surface area is 122 Å². The molecule has 2 rings (SSSR count). The van der Waals surface area contributed by atoms with E-state index in [0.29, 0.717) is 5.69 Å². The molecule has 108 valence electrons. The molecular formula is C12H8ClN3O5. The van der Waals surface area contributed by atoms with Crippen molar-refractivity contribution in [3.63, 3.8) is 0 Å². The smallest absolute Gasteiger partial charge is 0.433 e. The average molecular weight is 310 g/mol. The topological polar surface area (TPSA) is 118 Å². The van der Waals surface area contributed by atoms with Gasteiger partial charge in [0.05, 0.1) is 28.6 Å². The average Bonchev–Trinajstić information content (AvgIpc) is 2.89. The van der Waals surface area contributed by atoms with Gasteiger partial charge in [-0.1, -0.05) is 11.6 Å². The summed E-state index contributed by atoms with van der Waals surface area (Å²) in [7, 11) is 0. The number of carboxylic acids is 1. The Balaban J connectivity index is 2.08. The minimum atomic E-state index is -1.16. The van der Waals surface area contributed by atoms with E-state index in [9.17, 15) is 14.9 Å². The van der Waals surface area contributed by atoms with Gasteiger partial charge >= 0.3 is 11.9 Å². The molecule has 8 nitrogen and oxygen atoms in total. The van der Waals surface area contributed by atoms with E-state index in [1.54, 1.807) is 0 Å². The first kappa shape index (κ1) is 14.5. The van der Waals surface area contributed by atoms with E-state index >= 15 is 0 Å². The van der Waals surface area contributed by atoms with Gasteiger partial charge in [0.15, 0.2) is 5.76 Å². The SMILES string of the molecule is O=C(O)c1cc(N/N=C\c2ccc([N+](=O)[O-])o2)ccc1Cl. The molecule has 0 saturated carbocycles. The highest BCUT2D eigenvalue weighted by atomic mass is 35.5. The number of carboxylic acid groups (broad SMARTS) is 1. The first-order chi connectivity index (χ1) is 9.97. The fourth-order valence-electron chi connectivity index (χ4n) is 1.44. The molecule has 0 aliphatic rings. The summed E-state index contributed by atoms with van der Waals surface area (Å²) in [6.07, 6.45) is 1.22. The van der Waals surface area contributed by atoms with E-state index in [-0.39, 0.29) is 16.3 Å². The van der Waals surface area contributed by atoms with Gasteiger partial charge in [-0.2, -0.15) is 5.10 Å². The number of hydrazone groups is 1. The molecule has 0 aliphatic carbocycles. The molecule has 0 atom stereocenters. The molecular weight excluding hydrogens is 302 g/mol. The molecule has 1 aromatic carbocycles. The van der Waals surface area contributed by atoms with Gasteiger partial charge < -0.3 is 9.52 Å². The number of nitrogens with zero attached hydrogens (tertiary/aromatic N) is 2. The van der Waals surface area contributed by atoms with Gasteiger partial charge in [-0.25, -0.2) is 4.79 Å². The zero-order valence-corrected chi connectivity index (χ0v) is 11.1. The van der Waals surface area contributed by atoms with Gasteiger partial charge in [0.25, 0.3) is 0 Å². The maximum Gasteiger partial charge on any atom is 0.433 e. The number of nitro groups is 1. The van der Waals surface area contributed by atoms with Crippen molar-refractivity contribution in [2.45, 2.75) is 0 Å². The fourth-order valence-corrected chi connectivity index (χ4v) is 1.64. The lowest BCUT2D eigenvalue weighted by molar-refractivity contribution is -0.402. The minimum absolute atomic E-state index is 0.0643. The van der Waals surface area contributed by atoms with Crippen LogP contribution in [0.2, 0.25) is 5.02 Å². The van der Waals surface area contributed by atoms with E-state index in [4.69, 9.17) is 21.1 Å². The van der Waals surface area contributed by atoms with Crippen molar-refractivity contribution in [3.8, 4) is 0 Å². The van der Waals surface area contributed by atoms with E-state index in [1.807, 2.05) is 0 Å². The van der Waals surface area contributed by atoms with Crippen LogP contribution in [0, 0.1) is 10.1 Å². The third-order valence-electron chi connectivity index (χ3n) is 2.37. The first-order valence-electron chi connectivity index (χ1n) is 5.53. The van der Waals surface area contributed by atoms with Gasteiger partial charge in [-0.15, -0.1) is 0 Å². The number of rotatable bonds is 5. The number of furan rings is 1. The van der Waals surface area contributed by atoms with Gasteiger partial charge in [-0.3, -0.25) is 15.5 Å². The summed E-state index contributed by atoms with van der Waals surface area (Å²) in [5.74, 6) is -1.37. The Morgan fingerprint density at radius 1 is 1.43 bits per heavy atom. The molecule has 2 N–H and O–H groups in total. The Morgan fingerprint density at radius 3 is 2.81 bits per heavy atom. The molecule has 9 heteroatoms. The van der Waals surface area contributed by atoms with Crippen LogP contribution >= 0.6 is 11.6 Å². The number of hydrogen-bond donors (Lipinski definition) is 2. The van der Waals surface area contributed by atoms with Crippen LogP contribution < -0.4 is 5.43 Å². The van der Waals surface area contributed by atoms with Gasteiger partial charge in [0, 0.05) is 0 Å². The molecule has 0 fully saturated rings. The molecule has 0 spiro atoms. The highest BCUT2D eigenvalue weighted by Crippen LogP contribution is 2.20. The maximum absolute atomic E-state index is 10.9. The number of anilines is 1. The third kappa shape index (κ3) is 3.57. The number of aromatic carboxylic acids is 1. The van der Waals surface area contributed by atoms with Crippen molar-refractivity contribution in [1.82, 2.24) is 0 Å². The van der Waals surface area contributed by atoms with Crippen molar-refractivity contribution >= 4 is 35.4 Å². The molecule has 0 saturated heterocycles. The fraction of sp³-hybridized carbons (Fsp3) is 0. The highest BCUT2D eigenvalue weighted by molar-refractivity contribution is 6.33. The minimum Gasteiger partial charge on any atom is -0.478 e. The van der Waals surface area contributed by atoms with Crippen molar-refractivity contribution < 1.29 is 19.2 Å². The molecule has 21 heavy (non-hydrogen) atoms. The van der Waals surface area contributed by atoms with Crippen molar-refractivity contribution in [2.75, 3.05) is 5.43 Å². The molecule has 0 radical (unpaired) electrons. The lowest BCUT2D eigenvalue weighted by atomic mass is 10.2. The largest absolute Gasteiger partial charge is 0.478 e. The summed E-state index contributed by atoms with van der Waals surface area (Å²) in [5, 5.41) is 23.2. The van der Waals surface area contributed by atoms with Crippen LogP contribution in [0.1, 0.15) is 16.1 Å². The van der Waals surface area contributed by atoms with Crippen LogP contribution in [0.15, 0.2) is 39.9 Å². The lowest BCUT2D eigenvalue weighted by Gasteiger charge is -2.03. The molecule has 0 unspecified atom stereocenters. The Kier molecular flexibility index (Phi) is 4.19. The van der Waals surface area contributed by atoms with Crippen molar-refractivity contribution in [2.24, 2.45) is 5.10 Å². The van der Waals surface area contributed by atoms with E-state index in [2.05, 4.69) is 10.5 Å². The number of nitrogens with one attached hydrogen (secondary N) is 1. The standard InChI is InChI=1S/C12H8ClN3O5/c13-10-3-1-7(5-9(10)12(17)18)15-14-6-8-2-4-11(21-8)16(19)20/h1-6,15H,(H,17,18)/b14-6-. The first-order valence-corrected chi connectivity index (χ1v) is 5.91. The highest BCUT2D eigenvalue weighted by Gasteiger charge is 2.11. The van der Waals surface area contributed by atoms with Gasteiger partial charge in [0.1, 0.15) is 4.92 Å². The van der Waals surface area contributed by atoms with Crippen molar-refractivity contribution in [3.05, 3.63) is 56.8 Å². The van der Waals surface area contributed by atoms with E-state index in [0.717, 1.165) is 0 Å².